The second-order valence-electron chi connectivity index (χ2n) is 4.74. The van der Waals surface area contributed by atoms with Crippen molar-refractivity contribution in [3.8, 4) is 0 Å². The highest BCUT2D eigenvalue weighted by molar-refractivity contribution is 6.16. The Morgan fingerprint density at radius 2 is 1.94 bits per heavy atom. The van der Waals surface area contributed by atoms with Gasteiger partial charge in [0.05, 0.1) is 11.6 Å². The van der Waals surface area contributed by atoms with Crippen LogP contribution >= 0.6 is 11.6 Å². The van der Waals surface area contributed by atoms with Gasteiger partial charge >= 0.3 is 0 Å². The predicted molar refractivity (Wildman–Crippen MR) is 72.7 cm³/mol. The Labute approximate surface area is 108 Å². The van der Waals surface area contributed by atoms with Crippen LogP contribution < -0.4 is 4.90 Å². The number of nitrogens with zero attached hydrogens (tertiary/aromatic N) is 3. The third-order valence-electron chi connectivity index (χ3n) is 3.30. The minimum Gasteiger partial charge on any atom is -0.354 e. The average molecular weight is 254 g/mol. The molecule has 0 aliphatic carbocycles. The fourth-order valence-electron chi connectivity index (χ4n) is 2.18. The molecule has 1 fully saturated rings. The number of anilines is 1. The zero-order valence-electron chi connectivity index (χ0n) is 10.6. The van der Waals surface area contributed by atoms with Crippen molar-refractivity contribution in [1.29, 1.82) is 0 Å². The van der Waals surface area contributed by atoms with Gasteiger partial charge in [-0.25, -0.2) is 4.98 Å². The van der Waals surface area contributed by atoms with E-state index in [0.717, 1.165) is 37.7 Å². The molecular weight excluding hydrogens is 234 g/mol. The summed E-state index contributed by atoms with van der Waals surface area (Å²) in [7, 11) is 0. The van der Waals surface area contributed by atoms with E-state index >= 15 is 0 Å². The number of hydrogen-bond donors (Lipinski definition) is 0. The van der Waals surface area contributed by atoms with Gasteiger partial charge in [-0.2, -0.15) is 0 Å². The maximum absolute atomic E-state index is 5.81. The van der Waals surface area contributed by atoms with Crippen LogP contribution in [-0.2, 0) is 5.88 Å². The van der Waals surface area contributed by atoms with E-state index < -0.39 is 0 Å². The van der Waals surface area contributed by atoms with E-state index in [9.17, 15) is 0 Å². The number of piperazine rings is 1. The fraction of sp³-hybridized carbons (Fsp3) is 0.615. The van der Waals surface area contributed by atoms with Crippen LogP contribution in [0.25, 0.3) is 0 Å². The lowest BCUT2D eigenvalue weighted by Crippen LogP contribution is -2.49. The minimum atomic E-state index is 0.486. The van der Waals surface area contributed by atoms with Crippen molar-refractivity contribution in [3.05, 3.63) is 23.9 Å². The Morgan fingerprint density at radius 3 is 2.53 bits per heavy atom. The van der Waals surface area contributed by atoms with Crippen LogP contribution in [0.1, 0.15) is 19.5 Å². The predicted octanol–water partition coefficient (Wildman–Crippen LogP) is 2.35. The second-order valence-corrected chi connectivity index (χ2v) is 5.00. The van der Waals surface area contributed by atoms with Crippen molar-refractivity contribution < 1.29 is 0 Å². The molecule has 0 spiro atoms. The molecule has 17 heavy (non-hydrogen) atoms. The molecule has 4 heteroatoms. The molecule has 0 amide bonds. The highest BCUT2D eigenvalue weighted by Gasteiger charge is 2.19. The van der Waals surface area contributed by atoms with Gasteiger partial charge < -0.3 is 4.90 Å². The third kappa shape index (κ3) is 3.11. The first-order valence-electron chi connectivity index (χ1n) is 6.21. The molecule has 1 aromatic rings. The number of rotatable bonds is 3. The first-order valence-corrected chi connectivity index (χ1v) is 6.75. The van der Waals surface area contributed by atoms with E-state index in [1.54, 1.807) is 0 Å². The van der Waals surface area contributed by atoms with Gasteiger partial charge in [-0.3, -0.25) is 4.90 Å². The number of halogens is 1. The molecule has 0 atom stereocenters. The van der Waals surface area contributed by atoms with Gasteiger partial charge in [0.2, 0.25) is 0 Å². The normalized spacial score (nSPS) is 17.8. The molecule has 0 bridgehead atoms. The van der Waals surface area contributed by atoms with Crippen LogP contribution in [0, 0.1) is 0 Å². The lowest BCUT2D eigenvalue weighted by atomic mass is 10.2. The van der Waals surface area contributed by atoms with Crippen molar-refractivity contribution in [2.24, 2.45) is 0 Å². The molecule has 94 valence electrons. The summed E-state index contributed by atoms with van der Waals surface area (Å²) in [4.78, 5) is 9.40. The number of hydrogen-bond acceptors (Lipinski definition) is 3. The lowest BCUT2D eigenvalue weighted by molar-refractivity contribution is 0.209. The highest BCUT2D eigenvalue weighted by Crippen LogP contribution is 2.15. The summed E-state index contributed by atoms with van der Waals surface area (Å²) in [5.41, 5.74) is 0.954. The summed E-state index contributed by atoms with van der Waals surface area (Å²) in [5.74, 6) is 1.55. The van der Waals surface area contributed by atoms with E-state index in [1.807, 2.05) is 12.1 Å². The van der Waals surface area contributed by atoms with Gasteiger partial charge in [0, 0.05) is 32.2 Å². The van der Waals surface area contributed by atoms with Gasteiger partial charge in [0.15, 0.2) is 0 Å². The Kier molecular flexibility index (Phi) is 4.24. The Hall–Kier alpha value is -0.800. The van der Waals surface area contributed by atoms with Crippen LogP contribution in [0.5, 0.6) is 0 Å². The fourth-order valence-corrected chi connectivity index (χ4v) is 2.33. The summed E-state index contributed by atoms with van der Waals surface area (Å²) in [5, 5.41) is 0. The SMILES string of the molecule is CC(C)N1CCN(c2cccc(CCl)n2)CC1. The Balaban J connectivity index is 2.00. The highest BCUT2D eigenvalue weighted by atomic mass is 35.5. The zero-order valence-corrected chi connectivity index (χ0v) is 11.3. The van der Waals surface area contributed by atoms with E-state index in [4.69, 9.17) is 11.6 Å². The zero-order chi connectivity index (χ0) is 12.3. The van der Waals surface area contributed by atoms with Crippen LogP contribution in [0.15, 0.2) is 18.2 Å². The standard InChI is InChI=1S/C13H20ClN3/c1-11(2)16-6-8-17(9-7-16)13-5-3-4-12(10-14)15-13/h3-5,11H,6-10H2,1-2H3. The van der Waals surface area contributed by atoms with Gasteiger partial charge in [0.1, 0.15) is 5.82 Å². The molecule has 0 saturated carbocycles. The molecule has 1 aliphatic rings. The molecule has 3 nitrogen and oxygen atoms in total. The largest absolute Gasteiger partial charge is 0.354 e. The maximum Gasteiger partial charge on any atom is 0.128 e. The summed E-state index contributed by atoms with van der Waals surface area (Å²) in [6.45, 7) is 8.84. The average Bonchev–Trinajstić information content (AvgIpc) is 2.39. The summed E-state index contributed by atoms with van der Waals surface area (Å²) in [6.07, 6.45) is 0. The van der Waals surface area contributed by atoms with Crippen LogP contribution in [0.2, 0.25) is 0 Å². The molecule has 0 N–H and O–H groups in total. The topological polar surface area (TPSA) is 19.4 Å². The van der Waals surface area contributed by atoms with Crippen LogP contribution in [-0.4, -0.2) is 42.1 Å². The monoisotopic (exact) mass is 253 g/mol. The van der Waals surface area contributed by atoms with Crippen molar-refractivity contribution in [1.82, 2.24) is 9.88 Å². The van der Waals surface area contributed by atoms with Crippen molar-refractivity contribution in [2.45, 2.75) is 25.8 Å². The van der Waals surface area contributed by atoms with Crippen LogP contribution in [0.3, 0.4) is 0 Å². The van der Waals surface area contributed by atoms with Gasteiger partial charge in [0.25, 0.3) is 0 Å². The Bertz CT molecular complexity index is 359. The third-order valence-corrected chi connectivity index (χ3v) is 3.57. The second kappa shape index (κ2) is 5.69. The molecule has 1 aliphatic heterocycles. The van der Waals surface area contributed by atoms with Crippen molar-refractivity contribution >= 4 is 17.4 Å². The van der Waals surface area contributed by atoms with Crippen molar-refractivity contribution in [3.63, 3.8) is 0 Å². The first kappa shape index (κ1) is 12.7. The molecular formula is C13H20ClN3. The summed E-state index contributed by atoms with van der Waals surface area (Å²) in [6, 6.07) is 6.72. The molecule has 0 radical (unpaired) electrons. The summed E-state index contributed by atoms with van der Waals surface area (Å²) >= 11 is 5.81. The smallest absolute Gasteiger partial charge is 0.128 e. The molecule has 0 aromatic carbocycles. The van der Waals surface area contributed by atoms with E-state index in [0.29, 0.717) is 11.9 Å². The first-order chi connectivity index (χ1) is 8.20. The number of alkyl halides is 1. The molecule has 1 saturated heterocycles. The van der Waals surface area contributed by atoms with E-state index in [1.165, 1.54) is 0 Å². The maximum atomic E-state index is 5.81. The van der Waals surface area contributed by atoms with E-state index in [2.05, 4.69) is 34.7 Å². The van der Waals surface area contributed by atoms with Crippen LogP contribution in [0.4, 0.5) is 5.82 Å². The molecule has 2 rings (SSSR count). The Morgan fingerprint density at radius 1 is 1.24 bits per heavy atom. The minimum absolute atomic E-state index is 0.486. The lowest BCUT2D eigenvalue weighted by Gasteiger charge is -2.37. The molecule has 1 aromatic heterocycles. The number of aromatic nitrogens is 1. The van der Waals surface area contributed by atoms with Gasteiger partial charge in [-0.15, -0.1) is 11.6 Å². The quantitative estimate of drug-likeness (QED) is 0.771. The van der Waals surface area contributed by atoms with E-state index in [-0.39, 0.29) is 0 Å². The van der Waals surface area contributed by atoms with Crippen molar-refractivity contribution in [2.75, 3.05) is 31.1 Å². The molecule has 2 heterocycles. The summed E-state index contributed by atoms with van der Waals surface area (Å²) < 4.78 is 0. The van der Waals surface area contributed by atoms with Gasteiger partial charge in [-0.1, -0.05) is 6.07 Å². The molecule has 0 unspecified atom stereocenters. The van der Waals surface area contributed by atoms with Gasteiger partial charge in [-0.05, 0) is 26.0 Å². The number of pyridine rings is 1.